The van der Waals surface area contributed by atoms with Gasteiger partial charge in [-0.3, -0.25) is 19.2 Å². The SMILES string of the molecule is [2H]C(=O)OCc1ccc(O[C@@H]2O[C@H](C(=O)O)[C@@H](O)[C@H](O)[C@H]2O)c(NC(=O)CNC(=O)C(N)CNC(=O)CCOC)c1. The number of ether oxygens (including phenoxy) is 4. The molecule has 1 aliphatic rings. The van der Waals surface area contributed by atoms with Crippen LogP contribution in [0.25, 0.3) is 0 Å². The van der Waals surface area contributed by atoms with Gasteiger partial charge in [0.2, 0.25) is 24.0 Å². The van der Waals surface area contributed by atoms with Gasteiger partial charge in [0.1, 0.15) is 36.7 Å². The molecule has 9 N–H and O–H groups in total. The number of rotatable bonds is 14. The second-order valence-corrected chi connectivity index (χ2v) is 8.47. The lowest BCUT2D eigenvalue weighted by atomic mass is 9.99. The number of aliphatic carboxylic acids is 1. The molecule has 40 heavy (non-hydrogen) atoms. The Morgan fingerprint density at radius 3 is 2.52 bits per heavy atom. The topological polar surface area (TPSA) is 265 Å². The Labute approximate surface area is 228 Å². The van der Waals surface area contributed by atoms with Gasteiger partial charge in [-0.2, -0.15) is 0 Å². The van der Waals surface area contributed by atoms with Gasteiger partial charge in [0.05, 0.1) is 18.8 Å². The van der Waals surface area contributed by atoms with Crippen LogP contribution in [0.3, 0.4) is 0 Å². The molecule has 1 aliphatic heterocycles. The molecular weight excluding hydrogens is 540 g/mol. The average Bonchev–Trinajstić information content (AvgIpc) is 2.93. The summed E-state index contributed by atoms with van der Waals surface area (Å²) in [7, 11) is 1.42. The monoisotopic (exact) mass is 573 g/mol. The Bertz CT molecular complexity index is 1110. The van der Waals surface area contributed by atoms with Crippen LogP contribution in [-0.4, -0.2) is 114 Å². The largest absolute Gasteiger partial charge is 0.479 e. The van der Waals surface area contributed by atoms with Crippen molar-refractivity contribution in [1.29, 1.82) is 0 Å². The van der Waals surface area contributed by atoms with Crippen LogP contribution in [0, 0.1) is 0 Å². The Kier molecular flexibility index (Phi) is 12.0. The highest BCUT2D eigenvalue weighted by atomic mass is 16.7. The zero-order chi connectivity index (χ0) is 30.7. The summed E-state index contributed by atoms with van der Waals surface area (Å²) >= 11 is 0. The van der Waals surface area contributed by atoms with Crippen LogP contribution in [0.15, 0.2) is 18.2 Å². The highest BCUT2D eigenvalue weighted by Gasteiger charge is 2.48. The minimum Gasteiger partial charge on any atom is -0.479 e. The van der Waals surface area contributed by atoms with Gasteiger partial charge >= 0.3 is 5.97 Å². The van der Waals surface area contributed by atoms with Crippen molar-refractivity contribution >= 4 is 35.8 Å². The number of carboxylic acid groups (broad SMARTS) is 1. The van der Waals surface area contributed by atoms with Crippen molar-refractivity contribution in [1.82, 2.24) is 10.6 Å². The Morgan fingerprint density at radius 2 is 1.88 bits per heavy atom. The maximum Gasteiger partial charge on any atom is 0.335 e. The summed E-state index contributed by atoms with van der Waals surface area (Å²) in [6, 6.07) is 2.66. The van der Waals surface area contributed by atoms with Gasteiger partial charge in [0, 0.05) is 20.1 Å². The second kappa shape index (κ2) is 15.7. The van der Waals surface area contributed by atoms with E-state index in [4.69, 9.17) is 21.3 Å². The van der Waals surface area contributed by atoms with Gasteiger partial charge in [0.25, 0.3) is 6.45 Å². The highest BCUT2D eigenvalue weighted by molar-refractivity contribution is 5.96. The van der Waals surface area contributed by atoms with E-state index in [-0.39, 0.29) is 49.1 Å². The lowest BCUT2D eigenvalue weighted by Gasteiger charge is -2.38. The fourth-order valence-corrected chi connectivity index (χ4v) is 3.35. The third kappa shape index (κ3) is 9.40. The molecule has 1 saturated heterocycles. The van der Waals surface area contributed by atoms with E-state index in [1.54, 1.807) is 0 Å². The summed E-state index contributed by atoms with van der Waals surface area (Å²) in [5, 5.41) is 46.5. The first kappa shape index (κ1) is 30.7. The summed E-state index contributed by atoms with van der Waals surface area (Å²) < 4.78 is 26.8. The molecule has 0 bridgehead atoms. The first-order valence-electron chi connectivity index (χ1n) is 12.3. The molecule has 17 heteroatoms. The number of nitrogens with one attached hydrogen (secondary N) is 3. The summed E-state index contributed by atoms with van der Waals surface area (Å²) in [6.45, 7) is -0.988. The number of amides is 3. The molecule has 0 spiro atoms. The van der Waals surface area contributed by atoms with Gasteiger partial charge in [-0.1, -0.05) is 6.07 Å². The van der Waals surface area contributed by atoms with Crippen molar-refractivity contribution in [2.75, 3.05) is 32.1 Å². The lowest BCUT2D eigenvalue weighted by molar-refractivity contribution is -0.271. The van der Waals surface area contributed by atoms with E-state index in [0.717, 1.165) is 0 Å². The Hall–Kier alpha value is -3.87. The van der Waals surface area contributed by atoms with Gasteiger partial charge < -0.3 is 61.1 Å². The first-order valence-corrected chi connectivity index (χ1v) is 11.8. The predicted molar refractivity (Wildman–Crippen MR) is 131 cm³/mol. The van der Waals surface area contributed by atoms with Gasteiger partial charge in [-0.15, -0.1) is 0 Å². The van der Waals surface area contributed by atoms with Crippen molar-refractivity contribution in [3.05, 3.63) is 23.8 Å². The fourth-order valence-electron chi connectivity index (χ4n) is 3.35. The second-order valence-electron chi connectivity index (χ2n) is 8.47. The predicted octanol–water partition coefficient (Wildman–Crippen LogP) is -3.83. The number of carbonyl (C=O) groups is 5. The number of aliphatic hydroxyl groups excluding tert-OH is 3. The summed E-state index contributed by atoms with van der Waals surface area (Å²) in [4.78, 5) is 58.7. The molecule has 1 heterocycles. The van der Waals surface area contributed by atoms with Crippen LogP contribution in [0.4, 0.5) is 5.69 Å². The normalized spacial score (nSPS) is 23.2. The molecule has 1 unspecified atom stereocenters. The number of carboxylic acids is 1. The molecule has 1 fully saturated rings. The quantitative estimate of drug-likeness (QED) is 0.0991. The van der Waals surface area contributed by atoms with Crippen LogP contribution in [0.2, 0.25) is 0 Å². The number of benzene rings is 1. The number of anilines is 1. The number of carbonyl (C=O) groups excluding carboxylic acids is 4. The van der Waals surface area contributed by atoms with Crippen molar-refractivity contribution in [3.63, 3.8) is 0 Å². The van der Waals surface area contributed by atoms with E-state index < -0.39 is 67.5 Å². The number of methoxy groups -OCH3 is 1. The molecule has 2 rings (SSSR count). The van der Waals surface area contributed by atoms with E-state index >= 15 is 0 Å². The number of hydrogen-bond donors (Lipinski definition) is 8. The molecule has 0 aliphatic carbocycles. The highest BCUT2D eigenvalue weighted by Crippen LogP contribution is 2.31. The minimum absolute atomic E-state index is 0.0666. The molecular formula is C23H32N4O13. The van der Waals surface area contributed by atoms with Crippen LogP contribution in [0.5, 0.6) is 5.75 Å². The van der Waals surface area contributed by atoms with Crippen molar-refractivity contribution in [2.45, 2.75) is 49.8 Å². The van der Waals surface area contributed by atoms with E-state index in [0.29, 0.717) is 0 Å². The smallest absolute Gasteiger partial charge is 0.335 e. The summed E-state index contributed by atoms with van der Waals surface area (Å²) in [5.74, 6) is -3.80. The van der Waals surface area contributed by atoms with E-state index in [1.807, 2.05) is 0 Å². The van der Waals surface area contributed by atoms with E-state index in [2.05, 4.69) is 20.7 Å². The number of hydrogen-bond acceptors (Lipinski definition) is 13. The van der Waals surface area contributed by atoms with E-state index in [1.165, 1.54) is 25.3 Å². The summed E-state index contributed by atoms with van der Waals surface area (Å²) in [5.41, 5.74) is 5.87. The maximum absolute atomic E-state index is 12.6. The van der Waals surface area contributed by atoms with Gasteiger partial charge in [-0.25, -0.2) is 4.79 Å². The molecule has 1 aromatic carbocycles. The third-order valence-corrected chi connectivity index (χ3v) is 5.48. The van der Waals surface area contributed by atoms with Crippen LogP contribution in [0.1, 0.15) is 13.4 Å². The first-order chi connectivity index (χ1) is 19.3. The third-order valence-electron chi connectivity index (χ3n) is 5.48. The molecule has 0 aromatic heterocycles. The average molecular weight is 574 g/mol. The van der Waals surface area contributed by atoms with Crippen molar-refractivity contribution in [2.24, 2.45) is 5.73 Å². The van der Waals surface area contributed by atoms with Crippen LogP contribution < -0.4 is 26.4 Å². The Balaban J connectivity index is 2.10. The zero-order valence-corrected chi connectivity index (χ0v) is 21.3. The van der Waals surface area contributed by atoms with Crippen LogP contribution >= 0.6 is 0 Å². The van der Waals surface area contributed by atoms with Gasteiger partial charge in [0.15, 0.2) is 7.47 Å². The molecule has 0 saturated carbocycles. The molecule has 6 atom stereocenters. The zero-order valence-electron chi connectivity index (χ0n) is 22.3. The number of aliphatic hydroxyl groups is 3. The molecule has 222 valence electrons. The Morgan fingerprint density at radius 1 is 1.15 bits per heavy atom. The van der Waals surface area contributed by atoms with Gasteiger partial charge in [-0.05, 0) is 17.7 Å². The summed E-state index contributed by atoms with van der Waals surface area (Å²) in [6.07, 6.45) is -10.8. The van der Waals surface area contributed by atoms with E-state index in [9.17, 15) is 44.4 Å². The number of nitrogens with two attached hydrogens (primary N) is 1. The van der Waals surface area contributed by atoms with Crippen molar-refractivity contribution in [3.8, 4) is 5.75 Å². The van der Waals surface area contributed by atoms with Crippen molar-refractivity contribution < 1.29 is 64.7 Å². The molecule has 3 amide bonds. The maximum atomic E-state index is 12.6. The molecule has 17 nitrogen and oxygen atoms in total. The lowest BCUT2D eigenvalue weighted by Crippen LogP contribution is -2.61. The fraction of sp³-hybridized carbons (Fsp3) is 0.522. The standard InChI is InChI=1S/C23H32N4O13/c1-37-5-4-15(29)25-7-12(24)21(34)26-8-16(30)27-13-6-11(9-38-10-28)2-3-14(13)39-23-19(33)17(31)18(32)20(40-23)22(35)36/h2-3,6,10,12,17-20,23,31-33H,4-5,7-9,24H2,1H3,(H,25,29)(H,26,34)(H,27,30)(H,35,36)/t12?,17-,18-,19+,20-,23+/m0/s1/i10D. The van der Waals surface area contributed by atoms with Crippen LogP contribution in [-0.2, 0) is 44.8 Å². The molecule has 0 radical (unpaired) electrons. The minimum atomic E-state index is -1.96. The molecule has 1 aromatic rings.